The summed E-state index contributed by atoms with van der Waals surface area (Å²) in [5.74, 6) is 0.341. The Hall–Kier alpha value is -0.803. The minimum atomic E-state index is 0.341. The Labute approximate surface area is 82.7 Å². The SMILES string of the molecule is CC(C)N([SiH3])Cc1ccc(O)cc1. The lowest BCUT2D eigenvalue weighted by atomic mass is 10.2. The van der Waals surface area contributed by atoms with Crippen LogP contribution in [0, 0.1) is 0 Å². The number of hydrogen-bond acceptors (Lipinski definition) is 2. The van der Waals surface area contributed by atoms with Crippen molar-refractivity contribution in [3.8, 4) is 5.75 Å². The molecule has 0 spiro atoms. The van der Waals surface area contributed by atoms with Gasteiger partial charge in [0.2, 0.25) is 0 Å². The van der Waals surface area contributed by atoms with Gasteiger partial charge in [-0.25, -0.2) is 0 Å². The monoisotopic (exact) mass is 195 g/mol. The summed E-state index contributed by atoms with van der Waals surface area (Å²) in [6.07, 6.45) is 0. The standard InChI is InChI=1S/C10H17NOSi/c1-8(2)11(13)7-9-3-5-10(12)6-4-9/h3-6,8,12H,7H2,1-2,13H3. The first-order chi connectivity index (χ1) is 6.09. The van der Waals surface area contributed by atoms with Gasteiger partial charge in [0.15, 0.2) is 0 Å². The average molecular weight is 195 g/mol. The van der Waals surface area contributed by atoms with Crippen molar-refractivity contribution in [3.05, 3.63) is 29.8 Å². The highest BCUT2D eigenvalue weighted by molar-refractivity contribution is 6.04. The van der Waals surface area contributed by atoms with Crippen LogP contribution in [0.5, 0.6) is 5.75 Å². The number of phenols is 1. The van der Waals surface area contributed by atoms with Crippen LogP contribution in [0.2, 0.25) is 0 Å². The third-order valence-electron chi connectivity index (χ3n) is 2.25. The minimum Gasteiger partial charge on any atom is -0.508 e. The van der Waals surface area contributed by atoms with Gasteiger partial charge in [-0.15, -0.1) is 0 Å². The van der Waals surface area contributed by atoms with Crippen LogP contribution in [0.15, 0.2) is 24.3 Å². The summed E-state index contributed by atoms with van der Waals surface area (Å²) in [5, 5.41) is 9.10. The lowest BCUT2D eigenvalue weighted by molar-refractivity contribution is 0.374. The highest BCUT2D eigenvalue weighted by atomic mass is 28.2. The van der Waals surface area contributed by atoms with Crippen molar-refractivity contribution in [1.82, 2.24) is 4.57 Å². The summed E-state index contributed by atoms with van der Waals surface area (Å²) >= 11 is 0. The van der Waals surface area contributed by atoms with Crippen molar-refractivity contribution in [3.63, 3.8) is 0 Å². The summed E-state index contributed by atoms with van der Waals surface area (Å²) in [4.78, 5) is 0. The number of hydrogen-bond donors (Lipinski definition) is 1. The molecule has 72 valence electrons. The quantitative estimate of drug-likeness (QED) is 0.724. The Morgan fingerprint density at radius 1 is 1.31 bits per heavy atom. The maximum absolute atomic E-state index is 9.10. The van der Waals surface area contributed by atoms with Crippen molar-refractivity contribution in [2.45, 2.75) is 26.4 Å². The van der Waals surface area contributed by atoms with E-state index in [9.17, 15) is 0 Å². The Balaban J connectivity index is 2.59. The molecular weight excluding hydrogens is 178 g/mol. The first kappa shape index (κ1) is 10.3. The van der Waals surface area contributed by atoms with Crippen LogP contribution < -0.4 is 0 Å². The number of benzene rings is 1. The summed E-state index contributed by atoms with van der Waals surface area (Å²) < 4.78 is 2.40. The molecule has 0 aliphatic carbocycles. The minimum absolute atomic E-state index is 0.341. The van der Waals surface area contributed by atoms with Crippen LogP contribution in [0.4, 0.5) is 0 Å². The normalized spacial score (nSPS) is 11.4. The maximum Gasteiger partial charge on any atom is 0.115 e. The van der Waals surface area contributed by atoms with Crippen molar-refractivity contribution in [2.75, 3.05) is 0 Å². The Kier molecular flexibility index (Phi) is 3.51. The summed E-state index contributed by atoms with van der Waals surface area (Å²) in [7, 11) is 1.08. The summed E-state index contributed by atoms with van der Waals surface area (Å²) in [6, 6.07) is 8.04. The molecule has 0 saturated heterocycles. The molecule has 13 heavy (non-hydrogen) atoms. The average Bonchev–Trinajstić information content (AvgIpc) is 2.08. The lowest BCUT2D eigenvalue weighted by Crippen LogP contribution is -2.27. The largest absolute Gasteiger partial charge is 0.508 e. The predicted molar refractivity (Wildman–Crippen MR) is 58.7 cm³/mol. The van der Waals surface area contributed by atoms with Gasteiger partial charge in [0.25, 0.3) is 0 Å². The number of rotatable bonds is 3. The van der Waals surface area contributed by atoms with Gasteiger partial charge < -0.3 is 9.67 Å². The van der Waals surface area contributed by atoms with Gasteiger partial charge in [0, 0.05) is 6.54 Å². The first-order valence-corrected chi connectivity index (χ1v) is 5.47. The van der Waals surface area contributed by atoms with Crippen LogP contribution in [-0.4, -0.2) is 26.1 Å². The molecule has 1 aromatic carbocycles. The van der Waals surface area contributed by atoms with Crippen molar-refractivity contribution >= 4 is 10.4 Å². The smallest absolute Gasteiger partial charge is 0.115 e. The molecule has 0 atom stereocenters. The Morgan fingerprint density at radius 3 is 2.31 bits per heavy atom. The van der Waals surface area contributed by atoms with E-state index in [0.717, 1.165) is 16.9 Å². The predicted octanol–water partition coefficient (Wildman–Crippen LogP) is 0.883. The maximum atomic E-state index is 9.10. The molecule has 0 saturated carbocycles. The molecule has 0 radical (unpaired) electrons. The Morgan fingerprint density at radius 2 is 1.85 bits per heavy atom. The van der Waals surface area contributed by atoms with E-state index < -0.39 is 0 Å². The van der Waals surface area contributed by atoms with Crippen LogP contribution in [-0.2, 0) is 6.54 Å². The molecule has 0 bridgehead atoms. The van der Waals surface area contributed by atoms with Crippen LogP contribution in [0.3, 0.4) is 0 Å². The van der Waals surface area contributed by atoms with E-state index in [0.29, 0.717) is 11.8 Å². The molecule has 0 heterocycles. The number of nitrogens with zero attached hydrogens (tertiary/aromatic N) is 1. The first-order valence-electron chi connectivity index (χ1n) is 4.57. The van der Waals surface area contributed by atoms with Crippen LogP contribution in [0.25, 0.3) is 0 Å². The fourth-order valence-electron chi connectivity index (χ4n) is 1.07. The van der Waals surface area contributed by atoms with Gasteiger partial charge in [0.05, 0.1) is 10.4 Å². The molecule has 0 amide bonds. The summed E-state index contributed by atoms with van der Waals surface area (Å²) in [5.41, 5.74) is 1.27. The molecule has 2 nitrogen and oxygen atoms in total. The molecule has 1 N–H and O–H groups in total. The fourth-order valence-corrected chi connectivity index (χ4v) is 1.44. The van der Waals surface area contributed by atoms with Crippen molar-refractivity contribution < 1.29 is 5.11 Å². The molecule has 0 aromatic heterocycles. The Bertz CT molecular complexity index is 258. The third kappa shape index (κ3) is 3.20. The molecule has 0 unspecified atom stereocenters. The molecule has 3 heteroatoms. The second-order valence-electron chi connectivity index (χ2n) is 3.68. The van der Waals surface area contributed by atoms with Gasteiger partial charge in [-0.1, -0.05) is 26.0 Å². The van der Waals surface area contributed by atoms with Crippen LogP contribution in [0.1, 0.15) is 19.4 Å². The van der Waals surface area contributed by atoms with E-state index >= 15 is 0 Å². The number of phenolic OH excluding ortho intramolecular Hbond substituents is 1. The van der Waals surface area contributed by atoms with Gasteiger partial charge in [-0.3, -0.25) is 0 Å². The molecule has 0 aliphatic rings. The van der Waals surface area contributed by atoms with Gasteiger partial charge in [-0.2, -0.15) is 0 Å². The zero-order chi connectivity index (χ0) is 9.84. The molecule has 1 rings (SSSR count). The fraction of sp³-hybridized carbons (Fsp3) is 0.400. The third-order valence-corrected chi connectivity index (χ3v) is 3.60. The van der Waals surface area contributed by atoms with E-state index in [1.807, 2.05) is 12.1 Å². The zero-order valence-electron chi connectivity index (χ0n) is 8.49. The molecule has 0 aliphatic heterocycles. The van der Waals surface area contributed by atoms with Gasteiger partial charge >= 0.3 is 0 Å². The molecule has 0 fully saturated rings. The lowest BCUT2D eigenvalue weighted by Gasteiger charge is -2.21. The highest BCUT2D eigenvalue weighted by Crippen LogP contribution is 2.11. The van der Waals surface area contributed by atoms with Crippen molar-refractivity contribution in [1.29, 1.82) is 0 Å². The molecule has 1 aromatic rings. The molecular formula is C10H17NOSi. The second-order valence-corrected chi connectivity index (χ2v) is 4.82. The van der Waals surface area contributed by atoms with Gasteiger partial charge in [0.1, 0.15) is 5.75 Å². The summed E-state index contributed by atoms with van der Waals surface area (Å²) in [6.45, 7) is 5.39. The highest BCUT2D eigenvalue weighted by Gasteiger charge is 2.02. The van der Waals surface area contributed by atoms with Crippen molar-refractivity contribution in [2.24, 2.45) is 0 Å². The number of aromatic hydroxyl groups is 1. The van der Waals surface area contributed by atoms with E-state index in [1.165, 1.54) is 5.56 Å². The van der Waals surface area contributed by atoms with E-state index in [2.05, 4.69) is 18.4 Å². The second kappa shape index (κ2) is 4.44. The topological polar surface area (TPSA) is 23.5 Å². The van der Waals surface area contributed by atoms with Crippen LogP contribution >= 0.6 is 0 Å². The van der Waals surface area contributed by atoms with E-state index in [4.69, 9.17) is 5.11 Å². The zero-order valence-corrected chi connectivity index (χ0v) is 10.5. The van der Waals surface area contributed by atoms with E-state index in [-0.39, 0.29) is 0 Å². The van der Waals surface area contributed by atoms with Gasteiger partial charge in [-0.05, 0) is 23.7 Å². The van der Waals surface area contributed by atoms with E-state index in [1.54, 1.807) is 12.1 Å².